The van der Waals surface area contributed by atoms with Crippen LogP contribution in [0, 0.1) is 0 Å². The second-order valence-corrected chi connectivity index (χ2v) is 8.07. The number of rotatable bonds is 12. The highest BCUT2D eigenvalue weighted by Gasteiger charge is 2.66. The Labute approximate surface area is 190 Å². The van der Waals surface area contributed by atoms with Crippen LogP contribution < -0.4 is 0 Å². The molecule has 6 atom stereocenters. The van der Waals surface area contributed by atoms with Crippen molar-refractivity contribution in [3.05, 3.63) is 71.8 Å². The standard InChI is InChI=1S/C24H26O9/c25-11-17(27)21(29)23(19-13-31-19,15-7-3-1-4-8-15)33-24(20-14-32-20,22(30)18(28)12-26)16-9-5-2-6-10-16/h1-10,17-20,25-28H,11-14H2. The molecule has 2 aromatic rings. The first kappa shape index (κ1) is 23.7. The van der Waals surface area contributed by atoms with Crippen molar-refractivity contribution in [2.24, 2.45) is 0 Å². The maximum atomic E-state index is 13.6. The van der Waals surface area contributed by atoms with Gasteiger partial charge in [0, 0.05) is 0 Å². The van der Waals surface area contributed by atoms with Gasteiger partial charge in [-0.3, -0.25) is 9.59 Å². The Kier molecular flexibility index (Phi) is 6.73. The zero-order valence-corrected chi connectivity index (χ0v) is 17.7. The molecule has 0 amide bonds. The van der Waals surface area contributed by atoms with E-state index in [0.29, 0.717) is 11.1 Å². The molecular weight excluding hydrogens is 432 g/mol. The van der Waals surface area contributed by atoms with Crippen molar-refractivity contribution < 1.29 is 44.2 Å². The van der Waals surface area contributed by atoms with Crippen LogP contribution in [0.5, 0.6) is 0 Å². The Morgan fingerprint density at radius 3 is 1.39 bits per heavy atom. The highest BCUT2D eigenvalue weighted by Crippen LogP contribution is 2.49. The largest absolute Gasteiger partial charge is 0.393 e. The average Bonchev–Trinajstić information content (AvgIpc) is 3.78. The lowest BCUT2D eigenvalue weighted by atomic mass is 9.78. The Morgan fingerprint density at radius 1 is 0.788 bits per heavy atom. The molecule has 0 saturated carbocycles. The lowest BCUT2D eigenvalue weighted by Gasteiger charge is -2.43. The van der Waals surface area contributed by atoms with Crippen LogP contribution in [-0.2, 0) is 35.0 Å². The van der Waals surface area contributed by atoms with Gasteiger partial charge in [-0.05, 0) is 11.1 Å². The van der Waals surface area contributed by atoms with Gasteiger partial charge in [-0.1, -0.05) is 60.7 Å². The minimum atomic E-state index is -2.00. The third-order valence-corrected chi connectivity index (χ3v) is 5.98. The first-order valence-electron chi connectivity index (χ1n) is 10.6. The van der Waals surface area contributed by atoms with Crippen LogP contribution in [0.1, 0.15) is 11.1 Å². The number of benzene rings is 2. The van der Waals surface area contributed by atoms with Crippen molar-refractivity contribution in [1.29, 1.82) is 0 Å². The SMILES string of the molecule is O=C(C(O)CO)C(OC(C(=O)C(O)CO)(c1ccccc1)C1CO1)(c1ccccc1)C1CO1. The lowest BCUT2D eigenvalue weighted by molar-refractivity contribution is -0.207. The fraction of sp³-hybridized carbons (Fsp3) is 0.417. The minimum absolute atomic E-state index is 0.103. The molecule has 2 aliphatic heterocycles. The van der Waals surface area contributed by atoms with Crippen molar-refractivity contribution in [3.8, 4) is 0 Å². The number of carbonyl (C=O) groups is 2. The molecule has 33 heavy (non-hydrogen) atoms. The number of Topliss-reactive ketones (excluding diaryl/α,β-unsaturated/α-hetero) is 2. The number of carbonyl (C=O) groups excluding carboxylic acids is 2. The van der Waals surface area contributed by atoms with Gasteiger partial charge in [0.2, 0.25) is 11.6 Å². The summed E-state index contributed by atoms with van der Waals surface area (Å²) in [7, 11) is 0. The van der Waals surface area contributed by atoms with E-state index in [1.165, 1.54) is 0 Å². The van der Waals surface area contributed by atoms with Gasteiger partial charge in [-0.15, -0.1) is 0 Å². The predicted octanol–water partition coefficient (Wildman–Crippen LogP) is -0.564. The Balaban J connectivity index is 1.96. The molecule has 4 rings (SSSR count). The van der Waals surface area contributed by atoms with E-state index < -0.39 is 60.4 Å². The van der Waals surface area contributed by atoms with Crippen LogP contribution in [0.25, 0.3) is 0 Å². The van der Waals surface area contributed by atoms with E-state index in [1.54, 1.807) is 60.7 Å². The van der Waals surface area contributed by atoms with E-state index in [9.17, 15) is 30.0 Å². The van der Waals surface area contributed by atoms with Crippen molar-refractivity contribution in [3.63, 3.8) is 0 Å². The van der Waals surface area contributed by atoms with Crippen LogP contribution in [0.2, 0.25) is 0 Å². The summed E-state index contributed by atoms with van der Waals surface area (Å²) in [5, 5.41) is 39.9. The molecule has 0 aliphatic carbocycles. The van der Waals surface area contributed by atoms with Crippen molar-refractivity contribution in [2.45, 2.75) is 35.6 Å². The van der Waals surface area contributed by atoms with Crippen LogP contribution >= 0.6 is 0 Å². The molecule has 6 unspecified atom stereocenters. The van der Waals surface area contributed by atoms with E-state index >= 15 is 0 Å². The third-order valence-electron chi connectivity index (χ3n) is 5.98. The van der Waals surface area contributed by atoms with Crippen LogP contribution in [-0.4, -0.2) is 82.8 Å². The molecule has 9 nitrogen and oxygen atoms in total. The van der Waals surface area contributed by atoms with Gasteiger partial charge in [0.15, 0.2) is 11.2 Å². The summed E-state index contributed by atoms with van der Waals surface area (Å²) < 4.78 is 17.5. The summed E-state index contributed by atoms with van der Waals surface area (Å²) in [6, 6.07) is 16.5. The quantitative estimate of drug-likeness (QED) is 0.307. The molecule has 0 bridgehead atoms. The van der Waals surface area contributed by atoms with Crippen LogP contribution in [0.15, 0.2) is 60.7 Å². The summed E-state index contributed by atoms with van der Waals surface area (Å²) in [6.07, 6.45) is -5.37. The van der Waals surface area contributed by atoms with E-state index in [4.69, 9.17) is 14.2 Å². The van der Waals surface area contributed by atoms with E-state index in [0.717, 1.165) is 0 Å². The highest BCUT2D eigenvalue weighted by molar-refractivity contribution is 5.96. The number of aliphatic hydroxyl groups is 4. The topological polar surface area (TPSA) is 149 Å². The predicted molar refractivity (Wildman–Crippen MR) is 113 cm³/mol. The summed E-state index contributed by atoms with van der Waals surface area (Å²) in [5.74, 6) is -1.79. The van der Waals surface area contributed by atoms with Crippen LogP contribution in [0.3, 0.4) is 0 Å². The molecule has 4 N–H and O–H groups in total. The normalized spacial score (nSPS) is 24.7. The second-order valence-electron chi connectivity index (χ2n) is 8.07. The number of hydrogen-bond acceptors (Lipinski definition) is 9. The molecule has 0 spiro atoms. The molecule has 2 fully saturated rings. The fourth-order valence-corrected chi connectivity index (χ4v) is 4.18. The van der Waals surface area contributed by atoms with Gasteiger partial charge in [0.05, 0.1) is 26.4 Å². The molecule has 0 radical (unpaired) electrons. The Hall–Kier alpha value is -2.50. The monoisotopic (exact) mass is 458 g/mol. The number of aliphatic hydroxyl groups excluding tert-OH is 4. The fourth-order valence-electron chi connectivity index (χ4n) is 4.18. The van der Waals surface area contributed by atoms with Gasteiger partial charge in [-0.25, -0.2) is 0 Å². The first-order valence-corrected chi connectivity index (χ1v) is 10.6. The first-order chi connectivity index (χ1) is 15.9. The zero-order valence-electron chi connectivity index (χ0n) is 17.7. The summed E-state index contributed by atoms with van der Waals surface area (Å²) in [5.41, 5.74) is -3.40. The van der Waals surface area contributed by atoms with Gasteiger partial charge in [-0.2, -0.15) is 0 Å². The maximum absolute atomic E-state index is 13.6. The molecule has 2 aliphatic rings. The van der Waals surface area contributed by atoms with Crippen molar-refractivity contribution in [1.82, 2.24) is 0 Å². The van der Waals surface area contributed by atoms with E-state index in [2.05, 4.69) is 0 Å². The van der Waals surface area contributed by atoms with E-state index in [-0.39, 0.29) is 13.2 Å². The van der Waals surface area contributed by atoms with Gasteiger partial charge >= 0.3 is 0 Å². The number of ketones is 2. The zero-order chi connectivity index (χ0) is 23.6. The van der Waals surface area contributed by atoms with Crippen LogP contribution in [0.4, 0.5) is 0 Å². The maximum Gasteiger partial charge on any atom is 0.202 e. The van der Waals surface area contributed by atoms with Gasteiger partial charge in [0.1, 0.15) is 24.4 Å². The van der Waals surface area contributed by atoms with Gasteiger partial charge < -0.3 is 34.6 Å². The molecule has 2 aromatic carbocycles. The average molecular weight is 458 g/mol. The number of ether oxygens (including phenoxy) is 3. The lowest BCUT2D eigenvalue weighted by Crippen LogP contribution is -2.60. The second kappa shape index (κ2) is 9.40. The highest BCUT2D eigenvalue weighted by atomic mass is 16.7. The van der Waals surface area contributed by atoms with Crippen molar-refractivity contribution in [2.75, 3.05) is 26.4 Å². The third kappa shape index (κ3) is 4.13. The smallest absolute Gasteiger partial charge is 0.202 e. The molecule has 9 heteroatoms. The molecule has 0 aromatic heterocycles. The summed E-state index contributed by atoms with van der Waals surface area (Å²) in [6.45, 7) is -1.53. The summed E-state index contributed by atoms with van der Waals surface area (Å²) >= 11 is 0. The van der Waals surface area contributed by atoms with E-state index in [1.807, 2.05) is 0 Å². The van der Waals surface area contributed by atoms with Crippen molar-refractivity contribution >= 4 is 11.6 Å². The minimum Gasteiger partial charge on any atom is -0.393 e. The number of epoxide rings is 2. The number of hydrogen-bond donors (Lipinski definition) is 4. The molecule has 2 heterocycles. The summed E-state index contributed by atoms with van der Waals surface area (Å²) in [4.78, 5) is 27.2. The Bertz CT molecular complexity index is 894. The molecular formula is C24H26O9. The molecule has 2 saturated heterocycles. The van der Waals surface area contributed by atoms with Gasteiger partial charge in [0.25, 0.3) is 0 Å². The Morgan fingerprint density at radius 2 is 1.12 bits per heavy atom. The molecule has 176 valence electrons.